The van der Waals surface area contributed by atoms with Crippen molar-refractivity contribution in [1.82, 2.24) is 10.6 Å². The smallest absolute Gasteiger partial charge is 0.394 e. The maximum atomic E-state index is 13.6. The van der Waals surface area contributed by atoms with E-state index >= 15 is 0 Å². The summed E-state index contributed by atoms with van der Waals surface area (Å²) in [7, 11) is 0. The number of alkyl halides is 3. The second-order valence-electron chi connectivity index (χ2n) is 5.27. The molecule has 1 aromatic rings. The fourth-order valence-corrected chi connectivity index (χ4v) is 1.84. The van der Waals surface area contributed by atoms with Crippen LogP contribution in [0.15, 0.2) is 18.2 Å². The number of amides is 2. The van der Waals surface area contributed by atoms with Crippen molar-refractivity contribution in [2.45, 2.75) is 32.1 Å². The standard InChI is InChI=1S/C14H17F5N2O2/c1-7(2)10(6-22)20-13(23)21-12(14(17,18)19)8-4-3-5-9(15)11(8)16/h3-5,7,10,12,22H,6H2,1-2H3,(H2,20,21,23)/t10-,12-/m1/s1. The van der Waals surface area contributed by atoms with Crippen LogP contribution < -0.4 is 10.6 Å². The maximum absolute atomic E-state index is 13.6. The van der Waals surface area contributed by atoms with Crippen LogP contribution >= 0.6 is 0 Å². The first-order chi connectivity index (χ1) is 10.6. The van der Waals surface area contributed by atoms with Crippen molar-refractivity contribution < 1.29 is 31.9 Å². The first kappa shape index (κ1) is 19.1. The van der Waals surface area contributed by atoms with Crippen LogP contribution in [0.1, 0.15) is 25.5 Å². The summed E-state index contributed by atoms with van der Waals surface area (Å²) in [6, 6.07) is -2.42. The third kappa shape index (κ3) is 5.05. The van der Waals surface area contributed by atoms with Gasteiger partial charge in [-0.1, -0.05) is 26.0 Å². The van der Waals surface area contributed by atoms with Crippen LogP contribution in [-0.4, -0.2) is 30.0 Å². The molecule has 1 rings (SSSR count). The highest BCUT2D eigenvalue weighted by Crippen LogP contribution is 2.34. The van der Waals surface area contributed by atoms with Gasteiger partial charge in [0.15, 0.2) is 17.7 Å². The summed E-state index contributed by atoms with van der Waals surface area (Å²) >= 11 is 0. The van der Waals surface area contributed by atoms with E-state index in [9.17, 15) is 26.7 Å². The molecule has 0 spiro atoms. The van der Waals surface area contributed by atoms with E-state index in [1.807, 2.05) is 0 Å². The van der Waals surface area contributed by atoms with E-state index in [1.165, 1.54) is 0 Å². The molecule has 0 bridgehead atoms. The largest absolute Gasteiger partial charge is 0.413 e. The zero-order valence-electron chi connectivity index (χ0n) is 12.4. The summed E-state index contributed by atoms with van der Waals surface area (Å²) in [6.45, 7) is 2.82. The van der Waals surface area contributed by atoms with Gasteiger partial charge in [-0.3, -0.25) is 0 Å². The number of nitrogens with one attached hydrogen (secondary N) is 2. The average molecular weight is 340 g/mol. The Hall–Kier alpha value is -1.90. The number of benzene rings is 1. The van der Waals surface area contributed by atoms with Gasteiger partial charge in [0.1, 0.15) is 0 Å². The normalized spacial score (nSPS) is 14.5. The quantitative estimate of drug-likeness (QED) is 0.722. The fourth-order valence-electron chi connectivity index (χ4n) is 1.84. The van der Waals surface area contributed by atoms with Crippen LogP contribution in [-0.2, 0) is 0 Å². The first-order valence-electron chi connectivity index (χ1n) is 6.76. The van der Waals surface area contributed by atoms with Gasteiger partial charge in [0.25, 0.3) is 0 Å². The van der Waals surface area contributed by atoms with E-state index in [4.69, 9.17) is 5.11 Å². The Balaban J connectivity index is 3.01. The number of hydrogen-bond acceptors (Lipinski definition) is 2. The lowest BCUT2D eigenvalue weighted by molar-refractivity contribution is -0.155. The third-order valence-electron chi connectivity index (χ3n) is 3.21. The maximum Gasteiger partial charge on any atom is 0.413 e. The van der Waals surface area contributed by atoms with E-state index in [0.29, 0.717) is 6.07 Å². The number of aliphatic hydroxyl groups excluding tert-OH is 1. The van der Waals surface area contributed by atoms with Gasteiger partial charge in [-0.15, -0.1) is 0 Å². The molecule has 3 N–H and O–H groups in total. The average Bonchev–Trinajstić information content (AvgIpc) is 2.44. The molecule has 0 radical (unpaired) electrons. The van der Waals surface area contributed by atoms with E-state index in [2.05, 4.69) is 5.32 Å². The molecule has 130 valence electrons. The number of carbonyl (C=O) groups is 1. The Labute approximate surface area is 129 Å². The molecule has 0 aliphatic carbocycles. The Morgan fingerprint density at radius 2 is 1.83 bits per heavy atom. The van der Waals surface area contributed by atoms with E-state index in [0.717, 1.165) is 12.1 Å². The minimum atomic E-state index is -5.03. The molecule has 1 aromatic carbocycles. The molecule has 0 aromatic heterocycles. The van der Waals surface area contributed by atoms with Gasteiger partial charge in [-0.05, 0) is 12.0 Å². The summed E-state index contributed by atoms with van der Waals surface area (Å²) in [5.74, 6) is -3.37. The topological polar surface area (TPSA) is 61.4 Å². The van der Waals surface area contributed by atoms with Crippen molar-refractivity contribution >= 4 is 6.03 Å². The molecule has 0 unspecified atom stereocenters. The molecule has 2 amide bonds. The van der Waals surface area contributed by atoms with Crippen LogP contribution in [0, 0.1) is 17.6 Å². The van der Waals surface area contributed by atoms with Crippen molar-refractivity contribution in [3.63, 3.8) is 0 Å². The first-order valence-corrected chi connectivity index (χ1v) is 6.76. The lowest BCUT2D eigenvalue weighted by Gasteiger charge is -2.25. The lowest BCUT2D eigenvalue weighted by Crippen LogP contribution is -2.49. The van der Waals surface area contributed by atoms with Crippen LogP contribution in [0.4, 0.5) is 26.7 Å². The molecule has 4 nitrogen and oxygen atoms in total. The zero-order valence-corrected chi connectivity index (χ0v) is 12.4. The predicted octanol–water partition coefficient (Wildman–Crippen LogP) is 2.88. The molecule has 9 heteroatoms. The lowest BCUT2D eigenvalue weighted by atomic mass is 10.0. The van der Waals surface area contributed by atoms with Gasteiger partial charge in [0.05, 0.1) is 12.6 Å². The minimum absolute atomic E-state index is 0.235. The molecule has 0 saturated heterocycles. The van der Waals surface area contributed by atoms with Crippen molar-refractivity contribution in [1.29, 1.82) is 0 Å². The number of aliphatic hydroxyl groups is 1. The fraction of sp³-hybridized carbons (Fsp3) is 0.500. The van der Waals surface area contributed by atoms with Gasteiger partial charge >= 0.3 is 12.2 Å². The summed E-state index contributed by atoms with van der Waals surface area (Å²) in [5, 5.41) is 12.8. The van der Waals surface area contributed by atoms with Crippen LogP contribution in [0.3, 0.4) is 0 Å². The number of carbonyl (C=O) groups excluding carboxylic acids is 1. The number of rotatable bonds is 5. The van der Waals surface area contributed by atoms with E-state index in [1.54, 1.807) is 19.2 Å². The minimum Gasteiger partial charge on any atom is -0.394 e. The molecule has 0 aliphatic heterocycles. The summed E-state index contributed by atoms with van der Waals surface area (Å²) < 4.78 is 66.0. The molecule has 23 heavy (non-hydrogen) atoms. The van der Waals surface area contributed by atoms with Crippen LogP contribution in [0.25, 0.3) is 0 Å². The summed E-state index contributed by atoms with van der Waals surface area (Å²) in [5.41, 5.74) is -1.03. The van der Waals surface area contributed by atoms with Gasteiger partial charge in [-0.2, -0.15) is 13.2 Å². The monoisotopic (exact) mass is 340 g/mol. The number of halogens is 5. The molecule has 0 heterocycles. The second kappa shape index (κ2) is 7.58. The molecular weight excluding hydrogens is 323 g/mol. The van der Waals surface area contributed by atoms with Crippen LogP contribution in [0.5, 0.6) is 0 Å². The van der Waals surface area contributed by atoms with Gasteiger partial charge in [0, 0.05) is 5.56 Å². The highest BCUT2D eigenvalue weighted by Gasteiger charge is 2.44. The van der Waals surface area contributed by atoms with E-state index < -0.39 is 48.1 Å². The van der Waals surface area contributed by atoms with Gasteiger partial charge < -0.3 is 15.7 Å². The van der Waals surface area contributed by atoms with Gasteiger partial charge in [0.2, 0.25) is 0 Å². The molecule has 0 saturated carbocycles. The molecular formula is C14H17F5N2O2. The number of urea groups is 1. The number of hydrogen-bond donors (Lipinski definition) is 3. The Morgan fingerprint density at radius 3 is 2.30 bits per heavy atom. The third-order valence-corrected chi connectivity index (χ3v) is 3.21. The SMILES string of the molecule is CC(C)[C@@H](CO)NC(=O)N[C@H](c1cccc(F)c1F)C(F)(F)F. The van der Waals surface area contributed by atoms with Crippen molar-refractivity contribution in [2.24, 2.45) is 5.92 Å². The Bertz CT molecular complexity index is 548. The summed E-state index contributed by atoms with van der Waals surface area (Å²) in [4.78, 5) is 11.7. The van der Waals surface area contributed by atoms with Crippen molar-refractivity contribution in [3.05, 3.63) is 35.4 Å². The zero-order chi connectivity index (χ0) is 17.8. The highest BCUT2D eigenvalue weighted by atomic mass is 19.4. The van der Waals surface area contributed by atoms with Gasteiger partial charge in [-0.25, -0.2) is 13.6 Å². The van der Waals surface area contributed by atoms with Crippen LogP contribution in [0.2, 0.25) is 0 Å². The molecule has 0 aliphatic rings. The Morgan fingerprint density at radius 1 is 1.22 bits per heavy atom. The predicted molar refractivity (Wildman–Crippen MR) is 72.5 cm³/mol. The second-order valence-corrected chi connectivity index (χ2v) is 5.27. The Kier molecular flexibility index (Phi) is 6.31. The molecule has 2 atom stereocenters. The summed E-state index contributed by atoms with van der Waals surface area (Å²) in [6.07, 6.45) is -5.03. The van der Waals surface area contributed by atoms with E-state index in [-0.39, 0.29) is 5.92 Å². The van der Waals surface area contributed by atoms with Crippen molar-refractivity contribution in [2.75, 3.05) is 6.61 Å². The highest BCUT2D eigenvalue weighted by molar-refractivity contribution is 5.75. The molecule has 0 fully saturated rings. The van der Waals surface area contributed by atoms with Crippen molar-refractivity contribution in [3.8, 4) is 0 Å².